The van der Waals surface area contributed by atoms with Crippen LogP contribution < -0.4 is 11.1 Å². The van der Waals surface area contributed by atoms with Gasteiger partial charge in [0.05, 0.1) is 31.0 Å². The van der Waals surface area contributed by atoms with E-state index in [1.807, 2.05) is 12.1 Å². The van der Waals surface area contributed by atoms with Gasteiger partial charge >= 0.3 is 0 Å². The van der Waals surface area contributed by atoms with Gasteiger partial charge in [0.1, 0.15) is 0 Å². The summed E-state index contributed by atoms with van der Waals surface area (Å²) in [4.78, 5) is 16.5. The summed E-state index contributed by atoms with van der Waals surface area (Å²) in [6.07, 6.45) is 4.17. The maximum Gasteiger partial charge on any atom is 0.247 e. The molecule has 1 aromatic rings. The van der Waals surface area contributed by atoms with Gasteiger partial charge in [-0.25, -0.2) is 0 Å². The predicted octanol–water partition coefficient (Wildman–Crippen LogP) is 0.626. The Bertz CT molecular complexity index is 559. The van der Waals surface area contributed by atoms with E-state index in [9.17, 15) is 4.79 Å². The second-order valence-corrected chi connectivity index (χ2v) is 5.64. The van der Waals surface area contributed by atoms with Gasteiger partial charge in [-0.05, 0) is 12.1 Å². The standard InChI is InChI=1S/C13H14BrN3O2/c14-9-1-2-16-11-4-7(3-8(9)11)13(18)17-12-6-19-5-10(12)15/h1-3,10,12H,4-6,15H2,(H,17,18)/t10-,12?/m0/s1. The van der Waals surface area contributed by atoms with E-state index >= 15 is 0 Å². The third kappa shape index (κ3) is 2.43. The highest BCUT2D eigenvalue weighted by molar-refractivity contribution is 9.10. The molecule has 1 aliphatic carbocycles. The van der Waals surface area contributed by atoms with Crippen LogP contribution in [0.1, 0.15) is 11.3 Å². The van der Waals surface area contributed by atoms with E-state index in [4.69, 9.17) is 10.5 Å². The van der Waals surface area contributed by atoms with Crippen LogP contribution in [0.3, 0.4) is 0 Å². The lowest BCUT2D eigenvalue weighted by Crippen LogP contribution is -2.47. The smallest absolute Gasteiger partial charge is 0.247 e. The van der Waals surface area contributed by atoms with Crippen LogP contribution in [0.2, 0.25) is 0 Å². The van der Waals surface area contributed by atoms with E-state index in [1.54, 1.807) is 6.20 Å². The first-order valence-corrected chi connectivity index (χ1v) is 6.92. The van der Waals surface area contributed by atoms with Gasteiger partial charge in [-0.1, -0.05) is 15.9 Å². The summed E-state index contributed by atoms with van der Waals surface area (Å²) in [6, 6.07) is 1.64. The van der Waals surface area contributed by atoms with Crippen LogP contribution in [0.15, 0.2) is 22.3 Å². The number of rotatable bonds is 2. The van der Waals surface area contributed by atoms with E-state index < -0.39 is 0 Å². The SMILES string of the molecule is N[C@H]1COCC1NC(=O)C1=Cc2c(Br)ccnc2C1. The quantitative estimate of drug-likeness (QED) is 0.836. The van der Waals surface area contributed by atoms with Crippen LogP contribution in [0.4, 0.5) is 0 Å². The Morgan fingerprint density at radius 1 is 1.53 bits per heavy atom. The Labute approximate surface area is 119 Å². The molecule has 2 heterocycles. The number of carbonyl (C=O) groups excluding carboxylic acids is 1. The minimum atomic E-state index is -0.127. The highest BCUT2D eigenvalue weighted by Crippen LogP contribution is 2.29. The number of pyridine rings is 1. The molecule has 0 radical (unpaired) electrons. The fraction of sp³-hybridized carbons (Fsp3) is 0.385. The molecule has 5 nitrogen and oxygen atoms in total. The van der Waals surface area contributed by atoms with Gasteiger partial charge in [-0.3, -0.25) is 9.78 Å². The van der Waals surface area contributed by atoms with Crippen LogP contribution in [0.5, 0.6) is 0 Å². The maximum atomic E-state index is 12.2. The van der Waals surface area contributed by atoms with Gasteiger partial charge < -0.3 is 15.8 Å². The molecule has 1 amide bonds. The van der Waals surface area contributed by atoms with Crippen molar-refractivity contribution in [3.63, 3.8) is 0 Å². The number of nitrogens with two attached hydrogens (primary N) is 1. The zero-order valence-electron chi connectivity index (χ0n) is 10.2. The van der Waals surface area contributed by atoms with Gasteiger partial charge in [0, 0.05) is 28.2 Å². The Hall–Kier alpha value is -1.24. The molecule has 0 bridgehead atoms. The molecule has 1 saturated heterocycles. The first kappa shape index (κ1) is 12.8. The van der Waals surface area contributed by atoms with Gasteiger partial charge in [0.15, 0.2) is 0 Å². The second-order valence-electron chi connectivity index (χ2n) is 4.78. The number of halogens is 1. The average Bonchev–Trinajstić information content (AvgIpc) is 2.97. The first-order valence-electron chi connectivity index (χ1n) is 6.13. The van der Waals surface area contributed by atoms with Crippen molar-refractivity contribution in [1.82, 2.24) is 10.3 Å². The number of hydrogen-bond acceptors (Lipinski definition) is 4. The molecular weight excluding hydrogens is 310 g/mol. The zero-order chi connectivity index (χ0) is 13.4. The number of hydrogen-bond donors (Lipinski definition) is 2. The molecule has 6 heteroatoms. The number of amides is 1. The Kier molecular flexibility index (Phi) is 3.38. The van der Waals surface area contributed by atoms with Gasteiger partial charge in [0.25, 0.3) is 0 Å². The summed E-state index contributed by atoms with van der Waals surface area (Å²) in [5, 5.41) is 2.92. The molecule has 0 spiro atoms. The van der Waals surface area contributed by atoms with E-state index in [0.717, 1.165) is 15.7 Å². The van der Waals surface area contributed by atoms with Crippen molar-refractivity contribution in [2.45, 2.75) is 18.5 Å². The lowest BCUT2D eigenvalue weighted by atomic mass is 10.1. The first-order chi connectivity index (χ1) is 9.15. The molecule has 2 atom stereocenters. The largest absolute Gasteiger partial charge is 0.378 e. The molecule has 2 aliphatic rings. The lowest BCUT2D eigenvalue weighted by molar-refractivity contribution is -0.118. The van der Waals surface area contributed by atoms with Crippen molar-refractivity contribution in [3.05, 3.63) is 33.6 Å². The Morgan fingerprint density at radius 2 is 2.37 bits per heavy atom. The van der Waals surface area contributed by atoms with E-state index in [1.165, 1.54) is 0 Å². The van der Waals surface area contributed by atoms with E-state index in [2.05, 4.69) is 26.2 Å². The maximum absolute atomic E-state index is 12.2. The van der Waals surface area contributed by atoms with Crippen LogP contribution in [0, 0.1) is 0 Å². The molecule has 1 aliphatic heterocycles. The molecular formula is C13H14BrN3O2. The second kappa shape index (κ2) is 5.03. The van der Waals surface area contributed by atoms with Crippen molar-refractivity contribution in [2.75, 3.05) is 13.2 Å². The lowest BCUT2D eigenvalue weighted by Gasteiger charge is -2.15. The fourth-order valence-corrected chi connectivity index (χ4v) is 2.78. The highest BCUT2D eigenvalue weighted by atomic mass is 79.9. The molecule has 1 fully saturated rings. The molecule has 19 heavy (non-hydrogen) atoms. The molecule has 1 unspecified atom stereocenters. The molecule has 0 aromatic carbocycles. The van der Waals surface area contributed by atoms with Crippen LogP contribution in [0.25, 0.3) is 6.08 Å². The van der Waals surface area contributed by atoms with Crippen molar-refractivity contribution in [1.29, 1.82) is 0 Å². The molecule has 0 saturated carbocycles. The van der Waals surface area contributed by atoms with Crippen molar-refractivity contribution in [2.24, 2.45) is 5.73 Å². The number of carbonyl (C=O) groups is 1. The summed E-state index contributed by atoms with van der Waals surface area (Å²) >= 11 is 3.47. The molecule has 1 aromatic heterocycles. The summed E-state index contributed by atoms with van der Waals surface area (Å²) in [6.45, 7) is 0.979. The fourth-order valence-electron chi connectivity index (χ4n) is 2.32. The average molecular weight is 324 g/mol. The Morgan fingerprint density at radius 3 is 3.05 bits per heavy atom. The summed E-state index contributed by atoms with van der Waals surface area (Å²) < 4.78 is 6.19. The third-order valence-electron chi connectivity index (χ3n) is 3.43. The number of ether oxygens (including phenoxy) is 1. The van der Waals surface area contributed by atoms with Gasteiger partial charge in [0.2, 0.25) is 5.91 Å². The normalized spacial score (nSPS) is 25.1. The molecule has 3 N–H and O–H groups in total. The minimum absolute atomic E-state index is 0.0872. The van der Waals surface area contributed by atoms with Crippen molar-refractivity contribution in [3.8, 4) is 0 Å². The van der Waals surface area contributed by atoms with Crippen LogP contribution in [-0.2, 0) is 16.0 Å². The number of fused-ring (bicyclic) bond motifs is 1. The van der Waals surface area contributed by atoms with Crippen molar-refractivity contribution < 1.29 is 9.53 Å². The summed E-state index contributed by atoms with van der Waals surface area (Å²) in [5.74, 6) is -0.0872. The number of nitrogens with zero attached hydrogens (tertiary/aromatic N) is 1. The van der Waals surface area contributed by atoms with Crippen LogP contribution >= 0.6 is 15.9 Å². The number of aromatic nitrogens is 1. The Balaban J connectivity index is 1.73. The van der Waals surface area contributed by atoms with Gasteiger partial charge in [-0.15, -0.1) is 0 Å². The zero-order valence-corrected chi connectivity index (χ0v) is 11.8. The topological polar surface area (TPSA) is 77.2 Å². The molecule has 100 valence electrons. The van der Waals surface area contributed by atoms with Crippen LogP contribution in [-0.4, -0.2) is 36.2 Å². The van der Waals surface area contributed by atoms with E-state index in [-0.39, 0.29) is 18.0 Å². The van der Waals surface area contributed by atoms with E-state index in [0.29, 0.717) is 25.2 Å². The van der Waals surface area contributed by atoms with Crippen molar-refractivity contribution >= 4 is 27.9 Å². The third-order valence-corrected chi connectivity index (χ3v) is 4.12. The summed E-state index contributed by atoms with van der Waals surface area (Å²) in [7, 11) is 0. The number of nitrogens with one attached hydrogen (secondary N) is 1. The molecule has 3 rings (SSSR count). The van der Waals surface area contributed by atoms with Gasteiger partial charge in [-0.2, -0.15) is 0 Å². The highest BCUT2D eigenvalue weighted by Gasteiger charge is 2.28. The summed E-state index contributed by atoms with van der Waals surface area (Å²) in [5.41, 5.74) is 8.48. The minimum Gasteiger partial charge on any atom is -0.378 e. The monoisotopic (exact) mass is 323 g/mol. The predicted molar refractivity (Wildman–Crippen MR) is 74.3 cm³/mol.